The van der Waals surface area contributed by atoms with Gasteiger partial charge in [-0.3, -0.25) is 4.79 Å². The van der Waals surface area contributed by atoms with E-state index in [1.165, 1.54) is 5.56 Å². The number of aliphatic carboxylic acids is 1. The lowest BCUT2D eigenvalue weighted by Crippen LogP contribution is -2.40. The number of carboxylic acid groups (broad SMARTS) is 1. The summed E-state index contributed by atoms with van der Waals surface area (Å²) in [6, 6.07) is 17.1. The van der Waals surface area contributed by atoms with Crippen molar-refractivity contribution >= 4 is 11.9 Å². The van der Waals surface area contributed by atoms with Crippen LogP contribution >= 0.6 is 0 Å². The van der Waals surface area contributed by atoms with Crippen LogP contribution in [0.4, 0.5) is 0 Å². The molecule has 2 aromatic carbocycles. The zero-order valence-corrected chi connectivity index (χ0v) is 14.6. The first kappa shape index (κ1) is 18.0. The quantitative estimate of drug-likeness (QED) is 0.866. The SMILES string of the molecule is O=C(O)COc1cccc(C(=O)N2CCCC(Cc3ccccc3)C2)c1. The first-order valence-electron chi connectivity index (χ1n) is 8.89. The second-order valence-corrected chi connectivity index (χ2v) is 6.66. The topological polar surface area (TPSA) is 66.8 Å². The first-order chi connectivity index (χ1) is 12.6. The number of hydrogen-bond acceptors (Lipinski definition) is 3. The Morgan fingerprint density at radius 2 is 1.92 bits per heavy atom. The number of benzene rings is 2. The molecule has 1 amide bonds. The summed E-state index contributed by atoms with van der Waals surface area (Å²) in [6.07, 6.45) is 3.10. The number of rotatable bonds is 6. The maximum atomic E-state index is 12.8. The van der Waals surface area contributed by atoms with E-state index in [9.17, 15) is 9.59 Å². The van der Waals surface area contributed by atoms with Crippen LogP contribution < -0.4 is 4.74 Å². The van der Waals surface area contributed by atoms with E-state index in [-0.39, 0.29) is 5.91 Å². The summed E-state index contributed by atoms with van der Waals surface area (Å²) >= 11 is 0. The number of ether oxygens (including phenoxy) is 1. The lowest BCUT2D eigenvalue weighted by Gasteiger charge is -2.33. The Morgan fingerprint density at radius 1 is 1.12 bits per heavy atom. The molecule has 1 N–H and O–H groups in total. The minimum Gasteiger partial charge on any atom is -0.482 e. The highest BCUT2D eigenvalue weighted by Crippen LogP contribution is 2.23. The smallest absolute Gasteiger partial charge is 0.341 e. The van der Waals surface area contributed by atoms with Crippen LogP contribution in [-0.2, 0) is 11.2 Å². The van der Waals surface area contributed by atoms with Crippen LogP contribution in [0, 0.1) is 5.92 Å². The molecule has 0 aliphatic carbocycles. The lowest BCUT2D eigenvalue weighted by atomic mass is 9.91. The van der Waals surface area contributed by atoms with Crippen molar-refractivity contribution in [1.82, 2.24) is 4.90 Å². The number of nitrogens with zero attached hydrogens (tertiary/aromatic N) is 1. The maximum absolute atomic E-state index is 12.8. The highest BCUT2D eigenvalue weighted by atomic mass is 16.5. The molecule has 1 atom stereocenters. The van der Waals surface area contributed by atoms with E-state index in [1.54, 1.807) is 24.3 Å². The van der Waals surface area contributed by atoms with Crippen molar-refractivity contribution in [3.8, 4) is 5.75 Å². The molecular weight excluding hydrogens is 330 g/mol. The third-order valence-corrected chi connectivity index (χ3v) is 4.62. The molecule has 0 spiro atoms. The van der Waals surface area contributed by atoms with E-state index >= 15 is 0 Å². The fourth-order valence-corrected chi connectivity index (χ4v) is 3.41. The molecule has 5 nitrogen and oxygen atoms in total. The fraction of sp³-hybridized carbons (Fsp3) is 0.333. The molecule has 1 heterocycles. The molecule has 0 aromatic heterocycles. The first-order valence-corrected chi connectivity index (χ1v) is 8.89. The Bertz CT molecular complexity index is 760. The molecule has 1 saturated heterocycles. The number of hydrogen-bond donors (Lipinski definition) is 1. The van der Waals surface area contributed by atoms with E-state index in [1.807, 2.05) is 23.1 Å². The van der Waals surface area contributed by atoms with Crippen LogP contribution in [0.25, 0.3) is 0 Å². The Labute approximate surface area is 153 Å². The van der Waals surface area contributed by atoms with Crippen molar-refractivity contribution in [3.05, 3.63) is 65.7 Å². The Hall–Kier alpha value is -2.82. The number of carbonyl (C=O) groups is 2. The van der Waals surface area contributed by atoms with Crippen molar-refractivity contribution in [3.63, 3.8) is 0 Å². The number of likely N-dealkylation sites (tertiary alicyclic amines) is 1. The summed E-state index contributed by atoms with van der Waals surface area (Å²) in [4.78, 5) is 25.4. The molecule has 1 aliphatic rings. The van der Waals surface area contributed by atoms with Crippen molar-refractivity contribution in [2.45, 2.75) is 19.3 Å². The highest BCUT2D eigenvalue weighted by Gasteiger charge is 2.24. The van der Waals surface area contributed by atoms with Gasteiger partial charge in [0.2, 0.25) is 0 Å². The molecule has 26 heavy (non-hydrogen) atoms. The molecule has 2 aromatic rings. The van der Waals surface area contributed by atoms with E-state index in [2.05, 4.69) is 12.1 Å². The van der Waals surface area contributed by atoms with Gasteiger partial charge in [0.05, 0.1) is 0 Å². The summed E-state index contributed by atoms with van der Waals surface area (Å²) in [7, 11) is 0. The zero-order valence-electron chi connectivity index (χ0n) is 14.6. The van der Waals surface area contributed by atoms with Crippen LogP contribution in [0.2, 0.25) is 0 Å². The number of amides is 1. The monoisotopic (exact) mass is 353 g/mol. The minimum absolute atomic E-state index is 0.0245. The Morgan fingerprint density at radius 3 is 2.69 bits per heavy atom. The van der Waals surface area contributed by atoms with Crippen molar-refractivity contribution in [2.75, 3.05) is 19.7 Å². The van der Waals surface area contributed by atoms with Crippen molar-refractivity contribution in [1.29, 1.82) is 0 Å². The summed E-state index contributed by atoms with van der Waals surface area (Å²) in [5, 5.41) is 8.71. The molecule has 0 bridgehead atoms. The maximum Gasteiger partial charge on any atom is 0.341 e. The van der Waals surface area contributed by atoms with Gasteiger partial charge < -0.3 is 14.7 Å². The second kappa shape index (κ2) is 8.52. The molecular formula is C21H23NO4. The molecule has 0 radical (unpaired) electrons. The molecule has 5 heteroatoms. The molecule has 136 valence electrons. The fourth-order valence-electron chi connectivity index (χ4n) is 3.41. The number of carboxylic acids is 1. The second-order valence-electron chi connectivity index (χ2n) is 6.66. The van der Waals surface area contributed by atoms with Crippen molar-refractivity contribution in [2.24, 2.45) is 5.92 Å². The van der Waals surface area contributed by atoms with Crippen LogP contribution in [-0.4, -0.2) is 41.6 Å². The summed E-state index contributed by atoms with van der Waals surface area (Å²) in [6.45, 7) is 1.08. The van der Waals surface area contributed by atoms with Crippen LogP contribution in [0.1, 0.15) is 28.8 Å². The molecule has 1 aliphatic heterocycles. The minimum atomic E-state index is -1.04. The van der Waals surface area contributed by atoms with Gasteiger partial charge in [0, 0.05) is 18.7 Å². The largest absolute Gasteiger partial charge is 0.482 e. The predicted octanol–water partition coefficient (Wildman–Crippen LogP) is 3.24. The van der Waals surface area contributed by atoms with Gasteiger partial charge in [0.1, 0.15) is 5.75 Å². The van der Waals surface area contributed by atoms with Gasteiger partial charge >= 0.3 is 5.97 Å². The van der Waals surface area contributed by atoms with Gasteiger partial charge in [-0.1, -0.05) is 36.4 Å². The van der Waals surface area contributed by atoms with E-state index in [0.717, 1.165) is 32.4 Å². The summed E-state index contributed by atoms with van der Waals surface area (Å²) in [5.74, 6) is -0.206. The van der Waals surface area contributed by atoms with Gasteiger partial charge in [-0.25, -0.2) is 4.79 Å². The van der Waals surface area contributed by atoms with Crippen molar-refractivity contribution < 1.29 is 19.4 Å². The van der Waals surface area contributed by atoms with E-state index in [4.69, 9.17) is 9.84 Å². The Kier molecular flexibility index (Phi) is 5.89. The standard InChI is InChI=1S/C21H23NO4/c23-20(24)15-26-19-10-4-9-18(13-19)21(25)22-11-5-8-17(14-22)12-16-6-2-1-3-7-16/h1-4,6-7,9-10,13,17H,5,8,11-12,14-15H2,(H,23,24). The highest BCUT2D eigenvalue weighted by molar-refractivity contribution is 5.94. The molecule has 1 unspecified atom stereocenters. The summed E-state index contributed by atoms with van der Waals surface area (Å²) < 4.78 is 5.18. The van der Waals surface area contributed by atoms with E-state index < -0.39 is 12.6 Å². The van der Waals surface area contributed by atoms with Gasteiger partial charge in [-0.15, -0.1) is 0 Å². The predicted molar refractivity (Wildman–Crippen MR) is 98.3 cm³/mol. The average molecular weight is 353 g/mol. The van der Waals surface area contributed by atoms with Crippen LogP contribution in [0.5, 0.6) is 5.75 Å². The van der Waals surface area contributed by atoms with Gasteiger partial charge in [0.25, 0.3) is 5.91 Å². The average Bonchev–Trinajstić information content (AvgIpc) is 2.67. The molecule has 1 fully saturated rings. The normalized spacial score (nSPS) is 16.9. The van der Waals surface area contributed by atoms with Gasteiger partial charge in [0.15, 0.2) is 6.61 Å². The van der Waals surface area contributed by atoms with Crippen LogP contribution in [0.15, 0.2) is 54.6 Å². The van der Waals surface area contributed by atoms with Gasteiger partial charge in [-0.05, 0) is 48.9 Å². The van der Waals surface area contributed by atoms with Gasteiger partial charge in [-0.2, -0.15) is 0 Å². The third kappa shape index (κ3) is 4.85. The summed E-state index contributed by atoms with van der Waals surface area (Å²) in [5.41, 5.74) is 1.84. The lowest BCUT2D eigenvalue weighted by molar-refractivity contribution is -0.139. The molecule has 3 rings (SSSR count). The zero-order chi connectivity index (χ0) is 18.4. The Balaban J connectivity index is 1.63. The number of piperidine rings is 1. The number of carbonyl (C=O) groups excluding carboxylic acids is 1. The van der Waals surface area contributed by atoms with Crippen LogP contribution in [0.3, 0.4) is 0 Å². The third-order valence-electron chi connectivity index (χ3n) is 4.62. The molecule has 0 saturated carbocycles. The van der Waals surface area contributed by atoms with E-state index in [0.29, 0.717) is 17.2 Å².